The molecule has 0 spiro atoms. The van der Waals surface area contributed by atoms with Gasteiger partial charge in [0.2, 0.25) is 5.91 Å². The third-order valence-corrected chi connectivity index (χ3v) is 4.11. The summed E-state index contributed by atoms with van der Waals surface area (Å²) < 4.78 is 33.2. The van der Waals surface area contributed by atoms with Crippen LogP contribution in [0.15, 0.2) is 30.3 Å². The zero-order valence-corrected chi connectivity index (χ0v) is 14.5. The van der Waals surface area contributed by atoms with Gasteiger partial charge in [-0.25, -0.2) is 4.79 Å². The number of esters is 1. The number of carbonyl (C=O) groups excluding carboxylic acids is 3. The predicted molar refractivity (Wildman–Crippen MR) is 91.6 cm³/mol. The van der Waals surface area contributed by atoms with Gasteiger partial charge in [-0.15, -0.1) is 0 Å². The number of likely N-dealkylation sites (tertiary alicyclic amines) is 1. The third-order valence-electron chi connectivity index (χ3n) is 4.11. The normalized spacial score (nSPS) is 15.1. The average Bonchev–Trinajstić information content (AvgIpc) is 2.65. The quantitative estimate of drug-likeness (QED) is 0.570. The summed E-state index contributed by atoms with van der Waals surface area (Å²) in [5.74, 6) is -1.63. The fraction of sp³-hybridized carbons (Fsp3) is 0.389. The maximum absolute atomic E-state index is 12.1. The van der Waals surface area contributed by atoms with Crippen LogP contribution < -0.4 is 10.5 Å². The van der Waals surface area contributed by atoms with E-state index >= 15 is 0 Å². The van der Waals surface area contributed by atoms with Gasteiger partial charge in [0.25, 0.3) is 5.91 Å². The summed E-state index contributed by atoms with van der Waals surface area (Å²) >= 11 is 0. The lowest BCUT2D eigenvalue weighted by molar-refractivity contribution is -0.149. The zero-order valence-electron chi connectivity index (χ0n) is 14.5. The van der Waals surface area contributed by atoms with Crippen molar-refractivity contribution in [2.75, 3.05) is 19.7 Å². The highest BCUT2D eigenvalue weighted by atomic mass is 19.3. The molecule has 1 aromatic rings. The number of halogens is 2. The van der Waals surface area contributed by atoms with Crippen LogP contribution >= 0.6 is 0 Å². The van der Waals surface area contributed by atoms with Gasteiger partial charge in [0.05, 0.1) is 0 Å². The number of hydrogen-bond donors (Lipinski definition) is 1. The molecule has 0 radical (unpaired) electrons. The van der Waals surface area contributed by atoms with Gasteiger partial charge in [-0.05, 0) is 36.6 Å². The number of primary amides is 1. The van der Waals surface area contributed by atoms with E-state index in [1.165, 1.54) is 35.2 Å². The summed E-state index contributed by atoms with van der Waals surface area (Å²) in [5, 5.41) is 0. The Morgan fingerprint density at radius 1 is 1.19 bits per heavy atom. The van der Waals surface area contributed by atoms with Crippen LogP contribution in [0.2, 0.25) is 0 Å². The van der Waals surface area contributed by atoms with Crippen LogP contribution in [0.1, 0.15) is 18.4 Å². The molecule has 1 fully saturated rings. The minimum atomic E-state index is -2.90. The molecular weight excluding hydrogens is 362 g/mol. The number of piperidine rings is 1. The van der Waals surface area contributed by atoms with Crippen LogP contribution in [-0.4, -0.2) is 49.0 Å². The Hall–Kier alpha value is -2.97. The van der Waals surface area contributed by atoms with Gasteiger partial charge in [0.15, 0.2) is 6.61 Å². The monoisotopic (exact) mass is 382 g/mol. The average molecular weight is 382 g/mol. The Morgan fingerprint density at radius 3 is 2.37 bits per heavy atom. The second-order valence-electron chi connectivity index (χ2n) is 5.95. The van der Waals surface area contributed by atoms with Crippen LogP contribution in [0.5, 0.6) is 5.75 Å². The molecular formula is C18H20F2N2O5. The molecule has 27 heavy (non-hydrogen) atoms. The highest BCUT2D eigenvalue weighted by Crippen LogP contribution is 2.17. The first-order chi connectivity index (χ1) is 12.8. The predicted octanol–water partition coefficient (Wildman–Crippen LogP) is 1.57. The summed E-state index contributed by atoms with van der Waals surface area (Å²) in [6.07, 6.45) is 3.56. The first-order valence-electron chi connectivity index (χ1n) is 8.32. The van der Waals surface area contributed by atoms with Gasteiger partial charge in [-0.1, -0.05) is 12.1 Å². The lowest BCUT2D eigenvalue weighted by Crippen LogP contribution is -2.43. The van der Waals surface area contributed by atoms with E-state index in [1.54, 1.807) is 0 Å². The van der Waals surface area contributed by atoms with Crippen LogP contribution in [0.25, 0.3) is 6.08 Å². The van der Waals surface area contributed by atoms with Crippen molar-refractivity contribution >= 4 is 23.9 Å². The van der Waals surface area contributed by atoms with E-state index < -0.39 is 19.2 Å². The molecule has 2 rings (SSSR count). The van der Waals surface area contributed by atoms with Crippen molar-refractivity contribution in [1.29, 1.82) is 0 Å². The van der Waals surface area contributed by atoms with Crippen molar-refractivity contribution in [2.45, 2.75) is 19.5 Å². The SMILES string of the molecule is NC(=O)C1CCN(C(=O)COC(=O)/C=C/c2ccc(OC(F)F)cc2)CC1. The molecule has 2 amide bonds. The Balaban J connectivity index is 1.74. The van der Waals surface area contributed by atoms with E-state index in [-0.39, 0.29) is 23.5 Å². The lowest BCUT2D eigenvalue weighted by Gasteiger charge is -2.30. The molecule has 0 aliphatic carbocycles. The first kappa shape index (κ1) is 20.3. The van der Waals surface area contributed by atoms with E-state index in [4.69, 9.17) is 10.5 Å². The van der Waals surface area contributed by atoms with E-state index in [9.17, 15) is 23.2 Å². The van der Waals surface area contributed by atoms with E-state index in [0.717, 1.165) is 6.08 Å². The molecule has 1 saturated heterocycles. The fourth-order valence-corrected chi connectivity index (χ4v) is 2.61. The van der Waals surface area contributed by atoms with Gasteiger partial charge < -0.3 is 20.1 Å². The second kappa shape index (κ2) is 9.65. The minimum absolute atomic E-state index is 0.00966. The largest absolute Gasteiger partial charge is 0.452 e. The number of alkyl halides is 2. The summed E-state index contributed by atoms with van der Waals surface area (Å²) in [6.45, 7) is -2.51. The van der Waals surface area contributed by atoms with E-state index in [2.05, 4.69) is 4.74 Å². The smallest absolute Gasteiger partial charge is 0.387 e. The maximum atomic E-state index is 12.1. The number of nitrogens with zero attached hydrogens (tertiary/aromatic N) is 1. The number of rotatable bonds is 7. The zero-order chi connectivity index (χ0) is 19.8. The minimum Gasteiger partial charge on any atom is -0.452 e. The molecule has 146 valence electrons. The molecule has 0 aromatic heterocycles. The second-order valence-corrected chi connectivity index (χ2v) is 5.95. The number of amides is 2. The molecule has 7 nitrogen and oxygen atoms in total. The highest BCUT2D eigenvalue weighted by molar-refractivity contribution is 5.89. The van der Waals surface area contributed by atoms with Crippen LogP contribution in [-0.2, 0) is 19.1 Å². The van der Waals surface area contributed by atoms with Gasteiger partial charge in [-0.3, -0.25) is 9.59 Å². The van der Waals surface area contributed by atoms with Crippen molar-refractivity contribution in [3.63, 3.8) is 0 Å². The first-order valence-corrected chi connectivity index (χ1v) is 8.32. The molecule has 0 bridgehead atoms. The van der Waals surface area contributed by atoms with E-state index in [1.807, 2.05) is 0 Å². The number of ether oxygens (including phenoxy) is 2. The molecule has 2 N–H and O–H groups in total. The summed E-state index contributed by atoms with van der Waals surface area (Å²) in [6, 6.07) is 5.68. The van der Waals surface area contributed by atoms with Crippen molar-refractivity contribution < 1.29 is 32.6 Å². The Bertz CT molecular complexity index is 698. The molecule has 1 aliphatic heterocycles. The van der Waals surface area contributed by atoms with Crippen molar-refractivity contribution in [3.05, 3.63) is 35.9 Å². The Labute approximate surface area is 154 Å². The molecule has 1 aliphatic rings. The molecule has 1 heterocycles. The van der Waals surface area contributed by atoms with Crippen LogP contribution in [0.4, 0.5) is 8.78 Å². The highest BCUT2D eigenvalue weighted by Gasteiger charge is 2.26. The van der Waals surface area contributed by atoms with Crippen molar-refractivity contribution in [3.8, 4) is 5.75 Å². The van der Waals surface area contributed by atoms with Gasteiger partial charge in [0, 0.05) is 25.1 Å². The lowest BCUT2D eigenvalue weighted by atomic mass is 9.96. The number of hydrogen-bond acceptors (Lipinski definition) is 5. The number of carbonyl (C=O) groups is 3. The summed E-state index contributed by atoms with van der Waals surface area (Å²) in [7, 11) is 0. The molecule has 0 saturated carbocycles. The number of nitrogens with two attached hydrogens (primary N) is 1. The van der Waals surface area contributed by atoms with Crippen molar-refractivity contribution in [1.82, 2.24) is 4.90 Å². The fourth-order valence-electron chi connectivity index (χ4n) is 2.61. The summed E-state index contributed by atoms with van der Waals surface area (Å²) in [5.41, 5.74) is 5.82. The standard InChI is InChI=1S/C18H20F2N2O5/c19-18(20)27-14-4-1-12(2-5-14)3-6-16(24)26-11-15(23)22-9-7-13(8-10-22)17(21)25/h1-6,13,18H,7-11H2,(H2,21,25)/b6-3+. The molecule has 0 atom stereocenters. The van der Waals surface area contributed by atoms with Crippen LogP contribution in [0, 0.1) is 5.92 Å². The van der Waals surface area contributed by atoms with E-state index in [0.29, 0.717) is 31.5 Å². The van der Waals surface area contributed by atoms with Gasteiger partial charge in [-0.2, -0.15) is 8.78 Å². The number of benzene rings is 1. The molecule has 1 aromatic carbocycles. The van der Waals surface area contributed by atoms with Crippen molar-refractivity contribution in [2.24, 2.45) is 11.7 Å². The maximum Gasteiger partial charge on any atom is 0.387 e. The molecule has 9 heteroatoms. The topological polar surface area (TPSA) is 98.9 Å². The Morgan fingerprint density at radius 2 is 1.81 bits per heavy atom. The third kappa shape index (κ3) is 6.69. The Kier molecular flexibility index (Phi) is 7.27. The molecule has 0 unspecified atom stereocenters. The van der Waals surface area contributed by atoms with Gasteiger partial charge >= 0.3 is 12.6 Å². The van der Waals surface area contributed by atoms with Gasteiger partial charge in [0.1, 0.15) is 5.75 Å². The van der Waals surface area contributed by atoms with Crippen LogP contribution in [0.3, 0.4) is 0 Å². The summed E-state index contributed by atoms with van der Waals surface area (Å²) in [4.78, 5) is 36.3.